The number of likely N-dealkylation sites (tertiary alicyclic amines) is 2. The average molecular weight is 683 g/mol. The van der Waals surface area contributed by atoms with Gasteiger partial charge in [0.15, 0.2) is 15.9 Å². The van der Waals surface area contributed by atoms with Gasteiger partial charge in [-0.1, -0.05) is 54.6 Å². The Kier molecular flexibility index (Phi) is 9.87. The number of halogens is 4. The molecule has 1 N–H and O–H groups in total. The predicted octanol–water partition coefficient (Wildman–Crippen LogP) is 6.87. The fraction of sp³-hybridized carbons (Fsp3) is 0.389. The van der Waals surface area contributed by atoms with Crippen LogP contribution in [0.2, 0.25) is 0 Å². The van der Waals surface area contributed by atoms with Crippen LogP contribution in [0.1, 0.15) is 58.8 Å². The molecule has 4 aromatic rings. The summed E-state index contributed by atoms with van der Waals surface area (Å²) >= 11 is 0. The summed E-state index contributed by atoms with van der Waals surface area (Å²) in [6.07, 6.45) is 0.396. The third kappa shape index (κ3) is 7.40. The van der Waals surface area contributed by atoms with Gasteiger partial charge in [0.1, 0.15) is 6.67 Å². The first-order valence-corrected chi connectivity index (χ1v) is 18.0. The van der Waals surface area contributed by atoms with Gasteiger partial charge in [-0.25, -0.2) is 17.8 Å². The van der Waals surface area contributed by atoms with Crippen molar-refractivity contribution in [1.82, 2.24) is 20.1 Å². The molecule has 0 unspecified atom stereocenters. The number of amides is 1. The smallest absolute Gasteiger partial charge is 0.337 e. The van der Waals surface area contributed by atoms with E-state index in [2.05, 4.69) is 15.1 Å². The number of piperidine rings is 1. The lowest BCUT2D eigenvalue weighted by molar-refractivity contribution is -0.155. The van der Waals surface area contributed by atoms with Gasteiger partial charge < -0.3 is 10.2 Å². The SMILES string of the molecule is CS(=O)(=O)c1ccc2nc(-c3ccc(CF)cc3)c(CN3CCC(N4CCCC4)CC3)c(C(=O)N[C@H](c3ccccc3)C(F)(F)F)c2c1. The van der Waals surface area contributed by atoms with Crippen molar-refractivity contribution in [1.29, 1.82) is 0 Å². The van der Waals surface area contributed by atoms with Crippen molar-refractivity contribution in [2.45, 2.75) is 62.1 Å². The van der Waals surface area contributed by atoms with Gasteiger partial charge in [-0.15, -0.1) is 0 Å². The number of nitrogens with zero attached hydrogens (tertiary/aromatic N) is 3. The first-order chi connectivity index (χ1) is 22.9. The summed E-state index contributed by atoms with van der Waals surface area (Å²) in [7, 11) is -3.74. The summed E-state index contributed by atoms with van der Waals surface area (Å²) in [5.41, 5.74) is 1.80. The van der Waals surface area contributed by atoms with E-state index in [0.29, 0.717) is 41.5 Å². The molecule has 0 spiro atoms. The third-order valence-corrected chi connectivity index (χ3v) is 10.5. The molecule has 0 radical (unpaired) electrons. The maximum Gasteiger partial charge on any atom is 0.412 e. The number of aromatic nitrogens is 1. The van der Waals surface area contributed by atoms with Crippen LogP contribution in [0, 0.1) is 0 Å². The summed E-state index contributed by atoms with van der Waals surface area (Å²) in [4.78, 5) is 23.8. The molecule has 0 bridgehead atoms. The van der Waals surface area contributed by atoms with E-state index in [9.17, 15) is 30.8 Å². The lowest BCUT2D eigenvalue weighted by Crippen LogP contribution is -2.44. The van der Waals surface area contributed by atoms with Gasteiger partial charge in [-0.3, -0.25) is 9.69 Å². The molecule has 3 heterocycles. The zero-order chi connectivity index (χ0) is 34.1. The fourth-order valence-electron chi connectivity index (χ4n) is 6.89. The van der Waals surface area contributed by atoms with Crippen LogP contribution >= 0.6 is 0 Å². The molecule has 48 heavy (non-hydrogen) atoms. The minimum Gasteiger partial charge on any atom is -0.337 e. The molecular weight excluding hydrogens is 644 g/mol. The Bertz CT molecular complexity index is 1870. The third-order valence-electron chi connectivity index (χ3n) is 9.43. The van der Waals surface area contributed by atoms with Gasteiger partial charge in [0.2, 0.25) is 0 Å². The molecule has 0 saturated carbocycles. The minimum atomic E-state index is -4.82. The maximum atomic E-state index is 14.5. The number of hydrogen-bond donors (Lipinski definition) is 1. The van der Waals surface area contributed by atoms with E-state index in [1.54, 1.807) is 30.3 Å². The number of fused-ring (bicyclic) bond motifs is 1. The van der Waals surface area contributed by atoms with Crippen molar-refractivity contribution in [3.8, 4) is 11.3 Å². The van der Waals surface area contributed by atoms with Crippen LogP contribution in [0.25, 0.3) is 22.2 Å². The standard InChI is InChI=1S/C36H38F4N4O3S/c1-48(46,47)28-13-14-31-29(21-28)32(35(45)42-34(36(38,39)40)26-7-3-2-4-8-26)30(33(41-31)25-11-9-24(22-37)10-12-25)23-43-19-15-27(16-20-43)44-17-5-6-18-44/h2-4,7-14,21,27,34H,5-6,15-20,22-23H2,1H3,(H,42,45)/t34-/m1/s1. The van der Waals surface area contributed by atoms with Crippen LogP contribution in [0.5, 0.6) is 0 Å². The molecule has 2 aliphatic rings. The van der Waals surface area contributed by atoms with E-state index < -0.39 is 34.6 Å². The largest absolute Gasteiger partial charge is 0.412 e. The molecule has 1 aromatic heterocycles. The van der Waals surface area contributed by atoms with Crippen molar-refractivity contribution in [2.75, 3.05) is 32.4 Å². The minimum absolute atomic E-state index is 0.0677. The van der Waals surface area contributed by atoms with E-state index in [1.165, 1.54) is 55.3 Å². The number of carbonyl (C=O) groups is 1. The number of alkyl halides is 4. The van der Waals surface area contributed by atoms with Gasteiger partial charge >= 0.3 is 6.18 Å². The fourth-order valence-corrected chi connectivity index (χ4v) is 7.54. The number of hydrogen-bond acceptors (Lipinski definition) is 6. The second-order valence-corrected chi connectivity index (χ2v) is 14.7. The van der Waals surface area contributed by atoms with Crippen LogP contribution in [0.4, 0.5) is 17.6 Å². The first kappa shape index (κ1) is 34.0. The number of nitrogens with one attached hydrogen (secondary N) is 1. The molecular formula is C36H38F4N4O3S. The van der Waals surface area contributed by atoms with Crippen LogP contribution in [0.15, 0.2) is 77.7 Å². The molecule has 3 aromatic carbocycles. The highest BCUT2D eigenvalue weighted by Crippen LogP contribution is 2.37. The normalized spacial score (nSPS) is 17.5. The molecule has 2 saturated heterocycles. The molecule has 254 valence electrons. The first-order valence-electron chi connectivity index (χ1n) is 16.1. The number of carbonyl (C=O) groups excluding carboxylic acids is 1. The molecule has 7 nitrogen and oxygen atoms in total. The summed E-state index contributed by atoms with van der Waals surface area (Å²) in [6, 6.07) is 16.0. The van der Waals surface area contributed by atoms with Crippen LogP contribution in [0.3, 0.4) is 0 Å². The van der Waals surface area contributed by atoms with E-state index in [1.807, 2.05) is 0 Å². The van der Waals surface area contributed by atoms with Gasteiger partial charge in [0.25, 0.3) is 5.91 Å². The monoisotopic (exact) mass is 682 g/mol. The second-order valence-electron chi connectivity index (χ2n) is 12.7. The topological polar surface area (TPSA) is 82.6 Å². The molecule has 2 aliphatic heterocycles. The van der Waals surface area contributed by atoms with Crippen LogP contribution < -0.4 is 5.32 Å². The Hall–Kier alpha value is -3.87. The zero-order valence-electron chi connectivity index (χ0n) is 26.6. The van der Waals surface area contributed by atoms with Crippen LogP contribution in [-0.4, -0.2) is 73.8 Å². The molecule has 0 aliphatic carbocycles. The van der Waals surface area contributed by atoms with Crippen molar-refractivity contribution < 1.29 is 30.8 Å². The van der Waals surface area contributed by atoms with Gasteiger partial charge in [-0.2, -0.15) is 13.2 Å². The molecule has 1 atom stereocenters. The Morgan fingerprint density at radius 3 is 2.23 bits per heavy atom. The van der Waals surface area contributed by atoms with Gasteiger partial charge in [0.05, 0.1) is 21.7 Å². The van der Waals surface area contributed by atoms with Crippen LogP contribution in [-0.2, 0) is 23.1 Å². The van der Waals surface area contributed by atoms with Gasteiger partial charge in [0, 0.05) is 35.4 Å². The molecule has 1 amide bonds. The highest BCUT2D eigenvalue weighted by molar-refractivity contribution is 7.90. The highest BCUT2D eigenvalue weighted by atomic mass is 32.2. The Balaban J connectivity index is 1.50. The molecule has 2 fully saturated rings. The number of pyridine rings is 1. The summed E-state index contributed by atoms with van der Waals surface area (Å²) in [5.74, 6) is -0.997. The lowest BCUT2D eigenvalue weighted by atomic mass is 9.93. The lowest BCUT2D eigenvalue weighted by Gasteiger charge is -2.37. The number of benzene rings is 3. The van der Waals surface area contributed by atoms with E-state index in [0.717, 1.165) is 32.2 Å². The Morgan fingerprint density at radius 1 is 0.958 bits per heavy atom. The highest BCUT2D eigenvalue weighted by Gasteiger charge is 2.42. The van der Waals surface area contributed by atoms with Crippen molar-refractivity contribution in [3.05, 3.63) is 95.1 Å². The van der Waals surface area contributed by atoms with E-state index in [4.69, 9.17) is 4.98 Å². The molecule has 6 rings (SSSR count). The van der Waals surface area contributed by atoms with E-state index >= 15 is 0 Å². The molecule has 12 heteroatoms. The Labute approximate surface area is 277 Å². The number of rotatable bonds is 9. The summed E-state index contributed by atoms with van der Waals surface area (Å²) < 4.78 is 82.3. The predicted molar refractivity (Wildman–Crippen MR) is 177 cm³/mol. The summed E-state index contributed by atoms with van der Waals surface area (Å²) in [5, 5.41) is 2.38. The Morgan fingerprint density at radius 2 is 1.62 bits per heavy atom. The zero-order valence-corrected chi connectivity index (χ0v) is 27.5. The average Bonchev–Trinajstić information content (AvgIpc) is 3.62. The van der Waals surface area contributed by atoms with Crippen molar-refractivity contribution >= 4 is 26.6 Å². The van der Waals surface area contributed by atoms with Crippen molar-refractivity contribution in [3.63, 3.8) is 0 Å². The maximum absolute atomic E-state index is 14.5. The van der Waals surface area contributed by atoms with Crippen molar-refractivity contribution in [2.24, 2.45) is 0 Å². The number of sulfone groups is 1. The van der Waals surface area contributed by atoms with E-state index in [-0.39, 0.29) is 33.5 Å². The second kappa shape index (κ2) is 13.9. The van der Waals surface area contributed by atoms with Gasteiger partial charge in [-0.05, 0) is 81.2 Å². The quantitative estimate of drug-likeness (QED) is 0.194. The summed E-state index contributed by atoms with van der Waals surface area (Å²) in [6.45, 7) is 3.09.